The van der Waals surface area contributed by atoms with Crippen molar-refractivity contribution >= 4 is 38.9 Å². The fraction of sp³-hybridized carbons (Fsp3) is 0.0385. The van der Waals surface area contributed by atoms with E-state index in [1.807, 2.05) is 48.5 Å². The summed E-state index contributed by atoms with van der Waals surface area (Å²) in [6.07, 6.45) is 0. The maximum Gasteiger partial charge on any atom is 0.264 e. The molecule has 0 unspecified atom stereocenters. The van der Waals surface area contributed by atoms with Gasteiger partial charge < -0.3 is 5.32 Å². The summed E-state index contributed by atoms with van der Waals surface area (Å²) in [5.41, 5.74) is 2.59. The van der Waals surface area contributed by atoms with Crippen LogP contribution in [-0.4, -0.2) is 20.9 Å². The minimum atomic E-state index is -4.04. The van der Waals surface area contributed by atoms with Gasteiger partial charge in [0.1, 0.15) is 6.54 Å². The first kappa shape index (κ1) is 22.6. The van der Waals surface area contributed by atoms with Crippen LogP contribution in [0.15, 0.2) is 114 Å². The Morgan fingerprint density at radius 2 is 1.33 bits per heavy atom. The molecule has 5 nitrogen and oxygen atoms in total. The monoisotopic (exact) mass is 476 g/mol. The first-order valence-corrected chi connectivity index (χ1v) is 12.1. The van der Waals surface area contributed by atoms with Crippen molar-refractivity contribution in [1.29, 1.82) is 0 Å². The maximum atomic E-state index is 13.4. The first-order valence-electron chi connectivity index (χ1n) is 10.2. The highest BCUT2D eigenvalue weighted by Gasteiger charge is 2.28. The molecule has 7 heteroatoms. The summed E-state index contributed by atoms with van der Waals surface area (Å²) < 4.78 is 27.9. The number of carbonyl (C=O) groups is 1. The molecule has 0 aliphatic carbocycles. The summed E-state index contributed by atoms with van der Waals surface area (Å²) in [6, 6.07) is 31.5. The molecule has 0 saturated heterocycles. The highest BCUT2D eigenvalue weighted by molar-refractivity contribution is 7.92. The van der Waals surface area contributed by atoms with E-state index in [4.69, 9.17) is 11.6 Å². The second kappa shape index (κ2) is 9.90. The number of sulfonamides is 1. The van der Waals surface area contributed by atoms with Crippen molar-refractivity contribution in [2.24, 2.45) is 0 Å². The van der Waals surface area contributed by atoms with Gasteiger partial charge in [0.15, 0.2) is 0 Å². The summed E-state index contributed by atoms with van der Waals surface area (Å²) in [4.78, 5) is 13.2. The zero-order chi connectivity index (χ0) is 23.3. The van der Waals surface area contributed by atoms with Gasteiger partial charge in [0.2, 0.25) is 5.91 Å². The molecular formula is C26H21ClN2O3S. The molecule has 4 rings (SSSR count). The van der Waals surface area contributed by atoms with Crippen molar-refractivity contribution in [1.82, 2.24) is 0 Å². The molecule has 0 atom stereocenters. The van der Waals surface area contributed by atoms with E-state index in [9.17, 15) is 13.2 Å². The van der Waals surface area contributed by atoms with Crippen LogP contribution in [0.4, 0.5) is 11.4 Å². The van der Waals surface area contributed by atoms with E-state index in [0.717, 1.165) is 15.4 Å². The average molecular weight is 477 g/mol. The number of para-hydroxylation sites is 2. The highest BCUT2D eigenvalue weighted by Crippen LogP contribution is 2.31. The van der Waals surface area contributed by atoms with Crippen molar-refractivity contribution in [3.05, 3.63) is 114 Å². The molecule has 4 aromatic rings. The number of amides is 1. The Bertz CT molecular complexity index is 1360. The van der Waals surface area contributed by atoms with Gasteiger partial charge in [-0.05, 0) is 35.9 Å². The van der Waals surface area contributed by atoms with Crippen LogP contribution in [0.2, 0.25) is 5.02 Å². The van der Waals surface area contributed by atoms with E-state index in [2.05, 4.69) is 5.32 Å². The molecule has 4 aromatic carbocycles. The molecule has 1 N–H and O–H groups in total. The molecule has 0 fully saturated rings. The molecule has 0 aliphatic heterocycles. The molecule has 0 bridgehead atoms. The molecule has 0 aliphatic rings. The van der Waals surface area contributed by atoms with Crippen molar-refractivity contribution in [3.63, 3.8) is 0 Å². The lowest BCUT2D eigenvalue weighted by Gasteiger charge is -2.25. The van der Waals surface area contributed by atoms with Crippen LogP contribution < -0.4 is 9.62 Å². The highest BCUT2D eigenvalue weighted by atomic mass is 35.5. The molecule has 0 aromatic heterocycles. The van der Waals surface area contributed by atoms with Gasteiger partial charge in [-0.15, -0.1) is 0 Å². The third-order valence-electron chi connectivity index (χ3n) is 5.03. The molecule has 0 saturated carbocycles. The van der Waals surface area contributed by atoms with Gasteiger partial charge in [0.05, 0.1) is 15.6 Å². The van der Waals surface area contributed by atoms with Gasteiger partial charge in [-0.25, -0.2) is 8.42 Å². The van der Waals surface area contributed by atoms with Gasteiger partial charge >= 0.3 is 0 Å². The lowest BCUT2D eigenvalue weighted by molar-refractivity contribution is -0.114. The summed E-state index contributed by atoms with van der Waals surface area (Å²) in [6.45, 7) is -0.440. The van der Waals surface area contributed by atoms with E-state index < -0.39 is 22.5 Å². The molecule has 0 heterocycles. The molecule has 0 spiro atoms. The van der Waals surface area contributed by atoms with Crippen molar-refractivity contribution in [2.45, 2.75) is 4.90 Å². The second-order valence-corrected chi connectivity index (χ2v) is 9.51. The van der Waals surface area contributed by atoms with Crippen molar-refractivity contribution < 1.29 is 13.2 Å². The molecule has 33 heavy (non-hydrogen) atoms. The predicted octanol–water partition coefficient (Wildman–Crippen LogP) is 5.84. The van der Waals surface area contributed by atoms with Crippen LogP contribution >= 0.6 is 11.6 Å². The second-order valence-electron chi connectivity index (χ2n) is 7.24. The smallest absolute Gasteiger partial charge is 0.264 e. The van der Waals surface area contributed by atoms with Crippen LogP contribution in [0.25, 0.3) is 11.1 Å². The number of benzene rings is 4. The third kappa shape index (κ3) is 5.08. The fourth-order valence-electron chi connectivity index (χ4n) is 3.46. The lowest BCUT2D eigenvalue weighted by atomic mass is 10.0. The number of hydrogen-bond acceptors (Lipinski definition) is 3. The largest absolute Gasteiger partial charge is 0.324 e. The maximum absolute atomic E-state index is 13.4. The third-order valence-corrected chi connectivity index (χ3v) is 7.12. The van der Waals surface area contributed by atoms with Crippen LogP contribution in [0.5, 0.6) is 0 Å². The fourth-order valence-corrected chi connectivity index (χ4v) is 5.20. The van der Waals surface area contributed by atoms with Crippen molar-refractivity contribution in [3.8, 4) is 11.1 Å². The Labute approximate surface area is 198 Å². The Morgan fingerprint density at radius 3 is 2.03 bits per heavy atom. The summed E-state index contributed by atoms with van der Waals surface area (Å²) >= 11 is 6.32. The minimum Gasteiger partial charge on any atom is -0.324 e. The standard InChI is InChI=1S/C26H21ClN2O3S/c27-23-16-8-10-18-25(23)29(33(31,32)21-13-5-2-6-14-21)19-26(30)28-24-17-9-7-15-22(24)20-11-3-1-4-12-20/h1-18H,19H2,(H,28,30). The lowest BCUT2D eigenvalue weighted by Crippen LogP contribution is -2.38. The Kier molecular flexibility index (Phi) is 6.77. The normalized spacial score (nSPS) is 11.1. The van der Waals surface area contributed by atoms with E-state index in [0.29, 0.717) is 5.69 Å². The number of nitrogens with one attached hydrogen (secondary N) is 1. The van der Waals surface area contributed by atoms with Crippen molar-refractivity contribution in [2.75, 3.05) is 16.2 Å². The van der Waals surface area contributed by atoms with E-state index in [1.54, 1.807) is 48.5 Å². The van der Waals surface area contributed by atoms with Gasteiger partial charge in [-0.2, -0.15) is 0 Å². The predicted molar refractivity (Wildman–Crippen MR) is 133 cm³/mol. The number of carbonyl (C=O) groups excluding carboxylic acids is 1. The van der Waals surface area contributed by atoms with Gasteiger partial charge in [-0.1, -0.05) is 90.5 Å². The zero-order valence-electron chi connectivity index (χ0n) is 17.6. The Morgan fingerprint density at radius 1 is 0.758 bits per heavy atom. The van der Waals surface area contributed by atoms with E-state index >= 15 is 0 Å². The van der Waals surface area contributed by atoms with Gasteiger partial charge in [0.25, 0.3) is 10.0 Å². The molecule has 0 radical (unpaired) electrons. The molecule has 1 amide bonds. The minimum absolute atomic E-state index is 0.0717. The molecule has 166 valence electrons. The number of halogens is 1. The van der Waals surface area contributed by atoms with Gasteiger partial charge in [0, 0.05) is 11.3 Å². The quantitative estimate of drug-likeness (QED) is 0.364. The van der Waals surface area contributed by atoms with E-state index in [1.165, 1.54) is 12.1 Å². The summed E-state index contributed by atoms with van der Waals surface area (Å²) in [7, 11) is -4.04. The summed E-state index contributed by atoms with van der Waals surface area (Å²) in [5.74, 6) is -0.488. The average Bonchev–Trinajstić information content (AvgIpc) is 2.84. The SMILES string of the molecule is O=C(CN(c1ccccc1Cl)S(=O)(=O)c1ccccc1)Nc1ccccc1-c1ccccc1. The van der Waals surface area contributed by atoms with Crippen LogP contribution in [0.3, 0.4) is 0 Å². The van der Waals surface area contributed by atoms with Crippen LogP contribution in [-0.2, 0) is 14.8 Å². The Hall–Kier alpha value is -3.61. The van der Waals surface area contributed by atoms with Crippen LogP contribution in [0, 0.1) is 0 Å². The van der Waals surface area contributed by atoms with Crippen LogP contribution in [0.1, 0.15) is 0 Å². The Balaban J connectivity index is 1.67. The number of nitrogens with zero attached hydrogens (tertiary/aromatic N) is 1. The summed E-state index contributed by atoms with van der Waals surface area (Å²) in [5, 5.41) is 3.10. The number of anilines is 2. The van der Waals surface area contributed by atoms with Gasteiger partial charge in [-0.3, -0.25) is 9.10 Å². The first-order chi connectivity index (χ1) is 16.0. The zero-order valence-corrected chi connectivity index (χ0v) is 19.1. The number of hydrogen-bond donors (Lipinski definition) is 1. The topological polar surface area (TPSA) is 66.5 Å². The number of rotatable bonds is 7. The van der Waals surface area contributed by atoms with E-state index in [-0.39, 0.29) is 15.6 Å². The molecular weight excluding hydrogens is 456 g/mol.